The van der Waals surface area contributed by atoms with Gasteiger partial charge in [0.25, 0.3) is 0 Å². The molecule has 2 aliphatic rings. The third-order valence-corrected chi connectivity index (χ3v) is 7.72. The number of ether oxygens (including phenoxy) is 1. The first kappa shape index (κ1) is 21.3. The van der Waals surface area contributed by atoms with Crippen LogP contribution in [0.5, 0.6) is 0 Å². The molecule has 2 unspecified atom stereocenters. The van der Waals surface area contributed by atoms with E-state index in [9.17, 15) is 13.5 Å². The van der Waals surface area contributed by atoms with Crippen molar-refractivity contribution in [3.05, 3.63) is 65.7 Å². The van der Waals surface area contributed by atoms with E-state index in [1.807, 2.05) is 18.2 Å². The number of likely N-dealkylation sites (tertiary alicyclic amines) is 1. The molecule has 1 aliphatic heterocycles. The van der Waals surface area contributed by atoms with E-state index in [1.165, 1.54) is 12.7 Å². The summed E-state index contributed by atoms with van der Waals surface area (Å²) in [6.45, 7) is 2.71. The average molecular weight is 431 g/mol. The molecule has 0 spiro atoms. The fraction of sp³-hybridized carbons (Fsp3) is 0.478. The second kappa shape index (κ2) is 8.67. The molecule has 1 heterocycles. The SMILES string of the molecule is COCCS(=O)(=O)Nc1cccc(C2(O)C3CCC2CN(Cc2ccccc2)C3)c1. The number of hydrogen-bond acceptors (Lipinski definition) is 5. The van der Waals surface area contributed by atoms with Crippen LogP contribution in [-0.4, -0.2) is 51.0 Å². The van der Waals surface area contributed by atoms with Gasteiger partial charge in [0.1, 0.15) is 0 Å². The van der Waals surface area contributed by atoms with Crippen molar-refractivity contribution in [3.8, 4) is 0 Å². The van der Waals surface area contributed by atoms with E-state index >= 15 is 0 Å². The highest BCUT2D eigenvalue weighted by atomic mass is 32.2. The Labute approximate surface area is 178 Å². The number of benzene rings is 2. The van der Waals surface area contributed by atoms with Gasteiger partial charge in [0.15, 0.2) is 0 Å². The van der Waals surface area contributed by atoms with E-state index < -0.39 is 15.6 Å². The summed E-state index contributed by atoms with van der Waals surface area (Å²) in [5, 5.41) is 11.8. The number of nitrogens with one attached hydrogen (secondary N) is 1. The summed E-state index contributed by atoms with van der Waals surface area (Å²) in [6, 6.07) is 17.7. The smallest absolute Gasteiger partial charge is 0.234 e. The zero-order valence-electron chi connectivity index (χ0n) is 17.3. The normalized spacial score (nSPS) is 26.6. The van der Waals surface area contributed by atoms with Gasteiger partial charge in [-0.15, -0.1) is 0 Å². The zero-order valence-corrected chi connectivity index (χ0v) is 18.1. The molecule has 2 aromatic carbocycles. The van der Waals surface area contributed by atoms with E-state index in [2.05, 4.69) is 33.9 Å². The first-order valence-corrected chi connectivity index (χ1v) is 12.1. The number of fused-ring (bicyclic) bond motifs is 2. The number of sulfonamides is 1. The summed E-state index contributed by atoms with van der Waals surface area (Å²) in [5.74, 6) is 0.179. The monoisotopic (exact) mass is 430 g/mol. The summed E-state index contributed by atoms with van der Waals surface area (Å²) < 4.78 is 31.9. The molecule has 6 nitrogen and oxygen atoms in total. The van der Waals surface area contributed by atoms with E-state index in [0.29, 0.717) is 5.69 Å². The number of aliphatic hydroxyl groups is 1. The lowest BCUT2D eigenvalue weighted by Gasteiger charge is -2.45. The van der Waals surface area contributed by atoms with E-state index in [0.717, 1.165) is 38.0 Å². The van der Waals surface area contributed by atoms with Crippen LogP contribution in [0.25, 0.3) is 0 Å². The fourth-order valence-electron chi connectivity index (χ4n) is 5.03. The Morgan fingerprint density at radius 1 is 1.10 bits per heavy atom. The van der Waals surface area contributed by atoms with Gasteiger partial charge >= 0.3 is 0 Å². The van der Waals surface area contributed by atoms with Gasteiger partial charge in [-0.05, 0) is 36.1 Å². The summed E-state index contributed by atoms with van der Waals surface area (Å²) in [5.41, 5.74) is 1.67. The molecule has 2 bridgehead atoms. The Hall–Kier alpha value is -1.93. The lowest BCUT2D eigenvalue weighted by molar-refractivity contribution is -0.0914. The fourth-order valence-corrected chi connectivity index (χ4v) is 6.01. The standard InChI is InChI=1S/C23H30N2O4S/c1-29-12-13-30(27,28)24-22-9-5-8-19(14-22)23(26)20-10-11-21(23)17-25(16-20)15-18-6-3-2-4-7-18/h2-9,14,20-21,24,26H,10-13,15-17H2,1H3. The van der Waals surface area contributed by atoms with Crippen LogP contribution in [0.4, 0.5) is 5.69 Å². The molecule has 1 saturated heterocycles. The highest BCUT2D eigenvalue weighted by molar-refractivity contribution is 7.92. The summed E-state index contributed by atoms with van der Waals surface area (Å²) in [7, 11) is -2.01. The van der Waals surface area contributed by atoms with Crippen LogP contribution >= 0.6 is 0 Å². The zero-order chi connectivity index (χ0) is 21.2. The van der Waals surface area contributed by atoms with Crippen molar-refractivity contribution in [1.29, 1.82) is 0 Å². The maximum atomic E-state index is 12.2. The van der Waals surface area contributed by atoms with Crippen molar-refractivity contribution in [2.75, 3.05) is 37.3 Å². The van der Waals surface area contributed by atoms with E-state index in [4.69, 9.17) is 4.74 Å². The predicted octanol–water partition coefficient (Wildman–Crippen LogP) is 2.80. The molecule has 162 valence electrons. The van der Waals surface area contributed by atoms with Gasteiger partial charge in [0.2, 0.25) is 10.0 Å². The van der Waals surface area contributed by atoms with Gasteiger partial charge in [-0.3, -0.25) is 9.62 Å². The van der Waals surface area contributed by atoms with Crippen molar-refractivity contribution in [1.82, 2.24) is 4.90 Å². The van der Waals surface area contributed by atoms with Gasteiger partial charge in [-0.25, -0.2) is 8.42 Å². The first-order chi connectivity index (χ1) is 14.4. The summed E-state index contributed by atoms with van der Waals surface area (Å²) in [6.07, 6.45) is 1.96. The maximum absolute atomic E-state index is 12.2. The Morgan fingerprint density at radius 3 is 2.47 bits per heavy atom. The highest BCUT2D eigenvalue weighted by Crippen LogP contribution is 2.51. The topological polar surface area (TPSA) is 78.9 Å². The largest absolute Gasteiger partial charge is 0.384 e. The molecule has 7 heteroatoms. The van der Waals surface area contributed by atoms with Crippen LogP contribution in [0.1, 0.15) is 24.0 Å². The molecular weight excluding hydrogens is 400 g/mol. The quantitative estimate of drug-likeness (QED) is 0.673. The maximum Gasteiger partial charge on any atom is 0.234 e. The molecule has 0 aromatic heterocycles. The van der Waals surface area contributed by atoms with Crippen LogP contribution in [0.3, 0.4) is 0 Å². The summed E-state index contributed by atoms with van der Waals surface area (Å²) >= 11 is 0. The average Bonchev–Trinajstić information content (AvgIpc) is 2.90. The number of nitrogens with zero attached hydrogens (tertiary/aromatic N) is 1. The first-order valence-electron chi connectivity index (χ1n) is 10.5. The molecule has 4 rings (SSSR count). The van der Waals surface area contributed by atoms with Gasteiger partial charge in [0.05, 0.1) is 18.0 Å². The molecule has 1 aliphatic carbocycles. The van der Waals surface area contributed by atoms with Crippen molar-refractivity contribution < 1.29 is 18.3 Å². The Balaban J connectivity index is 1.50. The van der Waals surface area contributed by atoms with Crippen molar-refractivity contribution >= 4 is 15.7 Å². The van der Waals surface area contributed by atoms with Gasteiger partial charge in [0, 0.05) is 44.3 Å². The molecule has 2 fully saturated rings. The van der Waals surface area contributed by atoms with Crippen molar-refractivity contribution in [3.63, 3.8) is 0 Å². The summed E-state index contributed by atoms with van der Waals surface area (Å²) in [4.78, 5) is 2.43. The van der Waals surface area contributed by atoms with E-state index in [-0.39, 0.29) is 24.2 Å². The van der Waals surface area contributed by atoms with Crippen LogP contribution in [0.15, 0.2) is 54.6 Å². The second-order valence-electron chi connectivity index (χ2n) is 8.47. The molecule has 2 aromatic rings. The van der Waals surface area contributed by atoms with Crippen LogP contribution in [0.2, 0.25) is 0 Å². The van der Waals surface area contributed by atoms with Crippen molar-refractivity contribution in [2.24, 2.45) is 11.8 Å². The lowest BCUT2D eigenvalue weighted by atomic mass is 9.75. The Bertz CT molecular complexity index is 950. The minimum atomic E-state index is -3.48. The highest BCUT2D eigenvalue weighted by Gasteiger charge is 2.53. The van der Waals surface area contributed by atoms with Crippen LogP contribution in [0, 0.1) is 11.8 Å². The number of anilines is 1. The molecular formula is C23H30N2O4S. The van der Waals surface area contributed by atoms with Gasteiger partial charge < -0.3 is 9.84 Å². The molecule has 30 heavy (non-hydrogen) atoms. The third-order valence-electron chi connectivity index (χ3n) is 6.47. The predicted molar refractivity (Wildman–Crippen MR) is 118 cm³/mol. The van der Waals surface area contributed by atoms with Crippen LogP contribution in [-0.2, 0) is 26.9 Å². The lowest BCUT2D eigenvalue weighted by Crippen LogP contribution is -2.51. The number of methoxy groups -OCH3 is 1. The number of hydrogen-bond donors (Lipinski definition) is 2. The van der Waals surface area contributed by atoms with Crippen molar-refractivity contribution in [2.45, 2.75) is 25.0 Å². The molecule has 1 saturated carbocycles. The van der Waals surface area contributed by atoms with Crippen LogP contribution < -0.4 is 4.72 Å². The Morgan fingerprint density at radius 2 is 1.80 bits per heavy atom. The molecule has 0 amide bonds. The van der Waals surface area contributed by atoms with Gasteiger partial charge in [-0.2, -0.15) is 0 Å². The van der Waals surface area contributed by atoms with E-state index in [1.54, 1.807) is 12.1 Å². The third kappa shape index (κ3) is 4.39. The molecule has 2 N–H and O–H groups in total. The van der Waals surface area contributed by atoms with Gasteiger partial charge in [-0.1, -0.05) is 42.5 Å². The molecule has 0 radical (unpaired) electrons. The number of rotatable bonds is 8. The second-order valence-corrected chi connectivity index (χ2v) is 10.3. The molecule has 2 atom stereocenters. The number of piperidine rings is 1. The minimum absolute atomic E-state index is 0.0995. The Kier molecular flexibility index (Phi) is 6.16. The minimum Gasteiger partial charge on any atom is -0.384 e.